The topological polar surface area (TPSA) is 12.9 Å². The molecule has 1 heterocycles. The molecular weight excluding hydrogens is 350 g/mol. The average Bonchev–Trinajstić information content (AvgIpc) is 2.77. The highest BCUT2D eigenvalue weighted by Crippen LogP contribution is 2.37. The Hall–Kier alpha value is -2.07. The number of hydrogen-bond acceptors (Lipinski definition) is 1. The predicted molar refractivity (Wildman–Crippen MR) is 124 cm³/mol. The molecule has 1 heteroatoms. The molecule has 1 saturated carbocycles. The fourth-order valence-electron chi connectivity index (χ4n) is 4.55. The summed E-state index contributed by atoms with van der Waals surface area (Å²) in [6.07, 6.45) is 16.8. The minimum atomic E-state index is 0.747. The summed E-state index contributed by atoms with van der Waals surface area (Å²) in [6, 6.07) is 13.1. The Morgan fingerprint density at radius 1 is 0.828 bits per heavy atom. The predicted octanol–water partition coefficient (Wildman–Crippen LogP) is 7.68. The monoisotopic (exact) mass is 387 g/mol. The van der Waals surface area contributed by atoms with E-state index in [1.54, 1.807) is 0 Å². The van der Waals surface area contributed by atoms with Gasteiger partial charge in [0.05, 0.1) is 0 Å². The Labute approximate surface area is 178 Å². The van der Waals surface area contributed by atoms with Crippen molar-refractivity contribution in [2.45, 2.75) is 90.4 Å². The van der Waals surface area contributed by atoms with Gasteiger partial charge >= 0.3 is 0 Å². The molecule has 1 aliphatic carbocycles. The van der Waals surface area contributed by atoms with Crippen LogP contribution in [-0.4, -0.2) is 4.98 Å². The standard InChI is InChI=1S/C28H37N/c1-3-5-6-7-9-23-10-16-26(17-11-23)27-18-12-24(13-19-27)14-20-28-21-15-25(8-4-2)22-29-28/h12-13,15,18-19,21-23,26H,3-11,16-17H2,1-2H3. The summed E-state index contributed by atoms with van der Waals surface area (Å²) in [7, 11) is 0. The first-order valence-corrected chi connectivity index (χ1v) is 11.9. The first-order valence-electron chi connectivity index (χ1n) is 11.9. The van der Waals surface area contributed by atoms with E-state index in [1.165, 1.54) is 68.9 Å². The van der Waals surface area contributed by atoms with Gasteiger partial charge in [-0.25, -0.2) is 4.98 Å². The smallest absolute Gasteiger partial charge is 0.113 e. The maximum absolute atomic E-state index is 4.47. The SMILES string of the molecule is CCCCCCC1CCC(c2ccc(C#Cc3ccc(CCC)cn3)cc2)CC1. The minimum absolute atomic E-state index is 0.747. The van der Waals surface area contributed by atoms with Crippen LogP contribution in [0.3, 0.4) is 0 Å². The van der Waals surface area contributed by atoms with E-state index < -0.39 is 0 Å². The van der Waals surface area contributed by atoms with Gasteiger partial charge in [-0.1, -0.05) is 76.5 Å². The number of aryl methyl sites for hydroxylation is 1. The first-order chi connectivity index (χ1) is 14.3. The van der Waals surface area contributed by atoms with Crippen molar-refractivity contribution in [3.63, 3.8) is 0 Å². The van der Waals surface area contributed by atoms with Gasteiger partial charge in [-0.15, -0.1) is 0 Å². The van der Waals surface area contributed by atoms with E-state index in [0.717, 1.165) is 35.9 Å². The summed E-state index contributed by atoms with van der Waals surface area (Å²) >= 11 is 0. The number of rotatable bonds is 8. The second-order valence-corrected chi connectivity index (χ2v) is 8.74. The molecule has 0 bridgehead atoms. The maximum atomic E-state index is 4.47. The molecule has 0 spiro atoms. The third kappa shape index (κ3) is 7.04. The summed E-state index contributed by atoms with van der Waals surface area (Å²) in [5, 5.41) is 0. The number of benzene rings is 1. The zero-order chi connectivity index (χ0) is 20.3. The van der Waals surface area contributed by atoms with Crippen molar-refractivity contribution >= 4 is 0 Å². The zero-order valence-electron chi connectivity index (χ0n) is 18.4. The molecule has 0 unspecified atom stereocenters. The van der Waals surface area contributed by atoms with Gasteiger partial charge in [0.1, 0.15) is 5.69 Å². The Balaban J connectivity index is 1.48. The van der Waals surface area contributed by atoms with Crippen molar-refractivity contribution < 1.29 is 0 Å². The van der Waals surface area contributed by atoms with Crippen LogP contribution in [0.2, 0.25) is 0 Å². The third-order valence-electron chi connectivity index (χ3n) is 6.39. The van der Waals surface area contributed by atoms with Crippen LogP contribution in [0.15, 0.2) is 42.6 Å². The molecule has 154 valence electrons. The Morgan fingerprint density at radius 3 is 2.28 bits per heavy atom. The lowest BCUT2D eigenvalue weighted by Crippen LogP contribution is -2.13. The molecule has 1 aliphatic rings. The van der Waals surface area contributed by atoms with E-state index >= 15 is 0 Å². The van der Waals surface area contributed by atoms with Crippen LogP contribution in [0.5, 0.6) is 0 Å². The number of pyridine rings is 1. The normalized spacial score (nSPS) is 18.8. The van der Waals surface area contributed by atoms with Gasteiger partial charge in [-0.3, -0.25) is 0 Å². The van der Waals surface area contributed by atoms with Gasteiger partial charge in [0.15, 0.2) is 0 Å². The molecule has 1 fully saturated rings. The van der Waals surface area contributed by atoms with E-state index in [2.05, 4.69) is 61.0 Å². The number of aromatic nitrogens is 1. The van der Waals surface area contributed by atoms with Crippen molar-refractivity contribution in [3.8, 4) is 11.8 Å². The van der Waals surface area contributed by atoms with Gasteiger partial charge in [0.2, 0.25) is 0 Å². The molecule has 29 heavy (non-hydrogen) atoms. The fourth-order valence-corrected chi connectivity index (χ4v) is 4.55. The molecule has 1 aromatic carbocycles. The van der Waals surface area contributed by atoms with E-state index in [4.69, 9.17) is 0 Å². The Bertz CT molecular complexity index is 768. The van der Waals surface area contributed by atoms with Crippen LogP contribution in [0.25, 0.3) is 0 Å². The summed E-state index contributed by atoms with van der Waals surface area (Å²) in [5.41, 5.74) is 4.73. The lowest BCUT2D eigenvalue weighted by atomic mass is 9.77. The zero-order valence-corrected chi connectivity index (χ0v) is 18.4. The lowest BCUT2D eigenvalue weighted by molar-refractivity contribution is 0.302. The van der Waals surface area contributed by atoms with Crippen molar-refractivity contribution in [2.75, 3.05) is 0 Å². The van der Waals surface area contributed by atoms with E-state index in [9.17, 15) is 0 Å². The molecule has 0 radical (unpaired) electrons. The molecule has 0 aliphatic heterocycles. The van der Waals surface area contributed by atoms with Crippen LogP contribution < -0.4 is 0 Å². The van der Waals surface area contributed by atoms with Crippen molar-refractivity contribution in [3.05, 3.63) is 65.0 Å². The van der Waals surface area contributed by atoms with Gasteiger partial charge in [-0.2, -0.15) is 0 Å². The number of unbranched alkanes of at least 4 members (excludes halogenated alkanes) is 3. The van der Waals surface area contributed by atoms with Gasteiger partial charge in [0.25, 0.3) is 0 Å². The van der Waals surface area contributed by atoms with E-state index in [0.29, 0.717) is 0 Å². The Kier molecular flexibility index (Phi) is 8.82. The second kappa shape index (κ2) is 11.8. The molecule has 0 amide bonds. The number of hydrogen-bond donors (Lipinski definition) is 0. The molecule has 0 saturated heterocycles. The van der Waals surface area contributed by atoms with Gasteiger partial charge in [-0.05, 0) is 79.2 Å². The maximum Gasteiger partial charge on any atom is 0.113 e. The minimum Gasteiger partial charge on any atom is -0.248 e. The highest BCUT2D eigenvalue weighted by molar-refractivity contribution is 5.41. The molecular formula is C28H37N. The second-order valence-electron chi connectivity index (χ2n) is 8.74. The highest BCUT2D eigenvalue weighted by atomic mass is 14.7. The number of nitrogens with zero attached hydrogens (tertiary/aromatic N) is 1. The molecule has 3 rings (SSSR count). The van der Waals surface area contributed by atoms with E-state index in [1.807, 2.05) is 12.3 Å². The molecule has 0 N–H and O–H groups in total. The van der Waals surface area contributed by atoms with Crippen LogP contribution >= 0.6 is 0 Å². The molecule has 0 atom stereocenters. The highest BCUT2D eigenvalue weighted by Gasteiger charge is 2.21. The van der Waals surface area contributed by atoms with Crippen LogP contribution in [0.1, 0.15) is 106 Å². The van der Waals surface area contributed by atoms with Gasteiger partial charge < -0.3 is 0 Å². The molecule has 1 aromatic heterocycles. The summed E-state index contributed by atoms with van der Waals surface area (Å²) in [5.74, 6) is 8.20. The first kappa shape index (κ1) is 21.6. The molecule has 1 nitrogen and oxygen atoms in total. The fraction of sp³-hybridized carbons (Fsp3) is 0.536. The summed E-state index contributed by atoms with van der Waals surface area (Å²) in [6.45, 7) is 4.49. The van der Waals surface area contributed by atoms with Crippen molar-refractivity contribution in [2.24, 2.45) is 5.92 Å². The van der Waals surface area contributed by atoms with Crippen molar-refractivity contribution in [1.29, 1.82) is 0 Å². The van der Waals surface area contributed by atoms with E-state index in [-0.39, 0.29) is 0 Å². The molecule has 2 aromatic rings. The average molecular weight is 388 g/mol. The third-order valence-corrected chi connectivity index (χ3v) is 6.39. The van der Waals surface area contributed by atoms with Gasteiger partial charge in [0, 0.05) is 11.8 Å². The summed E-state index contributed by atoms with van der Waals surface area (Å²) < 4.78 is 0. The van der Waals surface area contributed by atoms with Crippen LogP contribution in [-0.2, 0) is 6.42 Å². The van der Waals surface area contributed by atoms with Crippen LogP contribution in [0, 0.1) is 17.8 Å². The largest absolute Gasteiger partial charge is 0.248 e. The lowest BCUT2D eigenvalue weighted by Gasteiger charge is -2.29. The van der Waals surface area contributed by atoms with Crippen molar-refractivity contribution in [1.82, 2.24) is 4.98 Å². The van der Waals surface area contributed by atoms with Crippen LogP contribution in [0.4, 0.5) is 0 Å². The Morgan fingerprint density at radius 2 is 1.62 bits per heavy atom. The quantitative estimate of drug-likeness (QED) is 0.334. The summed E-state index contributed by atoms with van der Waals surface area (Å²) in [4.78, 5) is 4.47.